The molecule has 0 bridgehead atoms. The van der Waals surface area contributed by atoms with Crippen LogP contribution in [0.15, 0.2) is 53.6 Å². The third-order valence-corrected chi connectivity index (χ3v) is 6.72. The van der Waals surface area contributed by atoms with Crippen molar-refractivity contribution >= 4 is 51.6 Å². The van der Waals surface area contributed by atoms with Crippen LogP contribution in [-0.4, -0.2) is 28.6 Å². The molecule has 0 saturated carbocycles. The molecule has 162 valence electrons. The lowest BCUT2D eigenvalue weighted by Gasteiger charge is -2.10. The Morgan fingerprint density at radius 3 is 2.71 bits per heavy atom. The minimum absolute atomic E-state index is 0.0593. The quantitative estimate of drug-likeness (QED) is 0.420. The fourth-order valence-corrected chi connectivity index (χ4v) is 4.75. The van der Waals surface area contributed by atoms with E-state index in [4.69, 9.17) is 11.6 Å². The lowest BCUT2D eigenvalue weighted by molar-refractivity contribution is -0.119. The molecular formula is C23H24ClN3O2S2. The van der Waals surface area contributed by atoms with Gasteiger partial charge >= 0.3 is 0 Å². The van der Waals surface area contributed by atoms with Gasteiger partial charge in [-0.2, -0.15) is 0 Å². The number of amides is 2. The number of thioether (sulfide) groups is 1. The number of hydrogen-bond donors (Lipinski definition) is 2. The van der Waals surface area contributed by atoms with E-state index in [9.17, 15) is 9.59 Å². The molecule has 0 saturated heterocycles. The number of anilines is 1. The van der Waals surface area contributed by atoms with E-state index in [-0.39, 0.29) is 23.6 Å². The number of rotatable bonds is 8. The summed E-state index contributed by atoms with van der Waals surface area (Å²) in [6.07, 6.45) is 2.47. The number of aromatic nitrogens is 1. The highest BCUT2D eigenvalue weighted by atomic mass is 35.5. The Labute approximate surface area is 195 Å². The first-order valence-corrected chi connectivity index (χ1v) is 12.0. The van der Waals surface area contributed by atoms with Crippen LogP contribution in [0.25, 0.3) is 0 Å². The molecule has 1 heterocycles. The molecule has 0 fully saturated rings. The van der Waals surface area contributed by atoms with Crippen molar-refractivity contribution in [3.63, 3.8) is 0 Å². The number of carbonyl (C=O) groups excluding carboxylic acids is 2. The number of nitrogens with zero attached hydrogens (tertiary/aromatic N) is 1. The first-order chi connectivity index (χ1) is 14.8. The van der Waals surface area contributed by atoms with Crippen molar-refractivity contribution in [2.24, 2.45) is 0 Å². The summed E-state index contributed by atoms with van der Waals surface area (Å²) in [4.78, 5) is 30.9. The molecule has 0 aliphatic heterocycles. The van der Waals surface area contributed by atoms with Gasteiger partial charge in [0.25, 0.3) is 5.91 Å². The molecule has 0 radical (unpaired) electrons. The van der Waals surface area contributed by atoms with E-state index in [1.54, 1.807) is 12.3 Å². The van der Waals surface area contributed by atoms with E-state index < -0.39 is 0 Å². The summed E-state index contributed by atoms with van der Waals surface area (Å²) in [6, 6.07) is 13.3. The topological polar surface area (TPSA) is 71.1 Å². The Kier molecular flexibility index (Phi) is 8.12. The summed E-state index contributed by atoms with van der Waals surface area (Å²) < 4.78 is 0. The molecule has 0 atom stereocenters. The molecule has 2 aromatic carbocycles. The van der Waals surface area contributed by atoms with Gasteiger partial charge in [0, 0.05) is 33.5 Å². The van der Waals surface area contributed by atoms with Crippen molar-refractivity contribution in [3.8, 4) is 0 Å². The third-order valence-electron chi connectivity index (χ3n) is 4.33. The molecule has 0 aliphatic rings. The maximum atomic E-state index is 12.8. The van der Waals surface area contributed by atoms with Crippen LogP contribution in [0.5, 0.6) is 0 Å². The molecule has 1 aromatic heterocycles. The molecule has 0 aliphatic carbocycles. The maximum Gasteiger partial charge on any atom is 0.258 e. The number of benzene rings is 2. The predicted molar refractivity (Wildman–Crippen MR) is 130 cm³/mol. The molecule has 0 unspecified atom stereocenters. The van der Waals surface area contributed by atoms with Gasteiger partial charge in [-0.15, -0.1) is 23.1 Å². The highest BCUT2D eigenvalue weighted by Gasteiger charge is 2.15. The second-order valence-corrected chi connectivity index (χ2v) is 9.89. The smallest absolute Gasteiger partial charge is 0.258 e. The lowest BCUT2D eigenvalue weighted by atomic mass is 10.1. The van der Waals surface area contributed by atoms with Crippen molar-refractivity contribution in [1.82, 2.24) is 10.3 Å². The van der Waals surface area contributed by atoms with Crippen molar-refractivity contribution in [2.75, 3.05) is 11.1 Å². The standard InChI is InChI=1S/C23H24ClN3O2S2/c1-14(2)26-21(28)13-30-20-7-5-4-6-18(20)22(29)27-23-25-12-17(31-23)10-16-9-8-15(3)19(24)11-16/h4-9,11-12,14H,10,13H2,1-3H3,(H,26,28)(H,25,27,29). The Morgan fingerprint density at radius 2 is 1.97 bits per heavy atom. The second kappa shape index (κ2) is 10.8. The fraction of sp³-hybridized carbons (Fsp3) is 0.261. The van der Waals surface area contributed by atoms with Crippen LogP contribution in [0.1, 0.15) is 40.2 Å². The summed E-state index contributed by atoms with van der Waals surface area (Å²) in [7, 11) is 0. The average molecular weight is 474 g/mol. The molecule has 5 nitrogen and oxygen atoms in total. The summed E-state index contributed by atoms with van der Waals surface area (Å²) in [5, 5.41) is 7.01. The first kappa shape index (κ1) is 23.3. The van der Waals surface area contributed by atoms with Crippen molar-refractivity contribution in [2.45, 2.75) is 38.1 Å². The third kappa shape index (κ3) is 6.82. The van der Waals surface area contributed by atoms with Crippen LogP contribution < -0.4 is 10.6 Å². The minimum atomic E-state index is -0.244. The maximum absolute atomic E-state index is 12.8. The predicted octanol–water partition coefficient (Wildman–Crippen LogP) is 5.56. The van der Waals surface area contributed by atoms with E-state index in [1.165, 1.54) is 23.1 Å². The van der Waals surface area contributed by atoms with Gasteiger partial charge < -0.3 is 5.32 Å². The molecule has 2 N–H and O–H groups in total. The van der Waals surface area contributed by atoms with Crippen molar-refractivity contribution in [3.05, 3.63) is 75.3 Å². The Hall–Kier alpha value is -2.35. The molecule has 3 rings (SSSR count). The number of carbonyl (C=O) groups is 2. The Bertz CT molecular complexity index is 1080. The summed E-state index contributed by atoms with van der Waals surface area (Å²) >= 11 is 8.99. The number of aryl methyl sites for hydroxylation is 1. The van der Waals surface area contributed by atoms with E-state index in [2.05, 4.69) is 15.6 Å². The zero-order chi connectivity index (χ0) is 22.4. The van der Waals surface area contributed by atoms with E-state index >= 15 is 0 Å². The summed E-state index contributed by atoms with van der Waals surface area (Å²) in [6.45, 7) is 5.80. The lowest BCUT2D eigenvalue weighted by Crippen LogP contribution is -2.31. The SMILES string of the molecule is Cc1ccc(Cc2cnc(NC(=O)c3ccccc3SCC(=O)NC(C)C)s2)cc1Cl. The Morgan fingerprint density at radius 1 is 1.19 bits per heavy atom. The molecular weight excluding hydrogens is 450 g/mol. The van der Waals surface area contributed by atoms with E-state index in [0.717, 1.165) is 25.9 Å². The average Bonchev–Trinajstić information content (AvgIpc) is 3.15. The van der Waals surface area contributed by atoms with Gasteiger partial charge in [-0.25, -0.2) is 4.98 Å². The summed E-state index contributed by atoms with van der Waals surface area (Å²) in [5.74, 6) is -0.0502. The molecule has 0 spiro atoms. The van der Waals surface area contributed by atoms with Crippen LogP contribution in [0.2, 0.25) is 5.02 Å². The number of halogens is 1. The van der Waals surface area contributed by atoms with Gasteiger partial charge in [-0.1, -0.05) is 35.9 Å². The monoisotopic (exact) mass is 473 g/mol. The zero-order valence-electron chi connectivity index (χ0n) is 17.6. The number of hydrogen-bond acceptors (Lipinski definition) is 5. The normalized spacial score (nSPS) is 10.9. The van der Waals surface area contributed by atoms with Crippen molar-refractivity contribution < 1.29 is 9.59 Å². The number of thiazole rings is 1. The van der Waals surface area contributed by atoms with Gasteiger partial charge in [0.1, 0.15) is 0 Å². The van der Waals surface area contributed by atoms with Gasteiger partial charge in [0.05, 0.1) is 11.3 Å². The van der Waals surface area contributed by atoms with Gasteiger partial charge in [-0.3, -0.25) is 14.9 Å². The largest absolute Gasteiger partial charge is 0.353 e. The van der Waals surface area contributed by atoms with E-state index in [0.29, 0.717) is 17.1 Å². The highest BCUT2D eigenvalue weighted by Crippen LogP contribution is 2.26. The van der Waals surface area contributed by atoms with Crippen LogP contribution in [-0.2, 0) is 11.2 Å². The number of nitrogens with one attached hydrogen (secondary N) is 2. The zero-order valence-corrected chi connectivity index (χ0v) is 20.0. The Balaban J connectivity index is 1.64. The van der Waals surface area contributed by atoms with Crippen molar-refractivity contribution in [1.29, 1.82) is 0 Å². The van der Waals surface area contributed by atoms with E-state index in [1.807, 2.05) is 57.2 Å². The van der Waals surface area contributed by atoms with Crippen LogP contribution in [0.4, 0.5) is 5.13 Å². The first-order valence-electron chi connectivity index (χ1n) is 9.84. The minimum Gasteiger partial charge on any atom is -0.353 e. The molecule has 31 heavy (non-hydrogen) atoms. The van der Waals surface area contributed by atoms with Gasteiger partial charge in [0.2, 0.25) is 5.91 Å². The molecule has 8 heteroatoms. The van der Waals surface area contributed by atoms with Gasteiger partial charge in [0.15, 0.2) is 5.13 Å². The summed E-state index contributed by atoms with van der Waals surface area (Å²) in [5.41, 5.74) is 2.66. The van der Waals surface area contributed by atoms with Crippen LogP contribution in [0, 0.1) is 6.92 Å². The van der Waals surface area contributed by atoms with Crippen LogP contribution >= 0.6 is 34.7 Å². The fourth-order valence-electron chi connectivity index (χ4n) is 2.85. The molecule has 2 amide bonds. The second-order valence-electron chi connectivity index (χ2n) is 7.35. The highest BCUT2D eigenvalue weighted by molar-refractivity contribution is 8.00. The molecule has 3 aromatic rings. The van der Waals surface area contributed by atoms with Crippen LogP contribution in [0.3, 0.4) is 0 Å². The van der Waals surface area contributed by atoms with Gasteiger partial charge in [-0.05, 0) is 50.1 Å².